The van der Waals surface area contributed by atoms with Gasteiger partial charge in [0.15, 0.2) is 6.10 Å². The quantitative estimate of drug-likeness (QED) is 0.853. The van der Waals surface area contributed by atoms with Gasteiger partial charge < -0.3 is 10.1 Å². The zero-order chi connectivity index (χ0) is 17.7. The maximum atomic E-state index is 13.5. The van der Waals surface area contributed by atoms with Gasteiger partial charge in [0.05, 0.1) is 12.1 Å². The number of carbonyl (C=O) groups is 2. The Morgan fingerprint density at radius 3 is 2.50 bits per heavy atom. The molecule has 24 heavy (non-hydrogen) atoms. The first-order valence-corrected chi connectivity index (χ1v) is 7.05. The zero-order valence-electron chi connectivity index (χ0n) is 12.7. The molecule has 0 unspecified atom stereocenters. The van der Waals surface area contributed by atoms with Crippen LogP contribution in [0.2, 0.25) is 0 Å². The minimum absolute atomic E-state index is 0.219. The second-order valence-corrected chi connectivity index (χ2v) is 5.05. The Labute approximate surface area is 136 Å². The predicted octanol–water partition coefficient (Wildman–Crippen LogP) is 3.22. The first-order valence-electron chi connectivity index (χ1n) is 7.05. The summed E-state index contributed by atoms with van der Waals surface area (Å²) in [6.45, 7) is 1.29. The molecule has 0 radical (unpaired) electrons. The van der Waals surface area contributed by atoms with Crippen LogP contribution in [0.3, 0.4) is 0 Å². The highest BCUT2D eigenvalue weighted by molar-refractivity contribution is 5.95. The number of benzene rings is 2. The third-order valence-corrected chi connectivity index (χ3v) is 3.10. The summed E-state index contributed by atoms with van der Waals surface area (Å²) in [5.41, 5.74) is 0.0387. The lowest BCUT2D eigenvalue weighted by Crippen LogP contribution is -2.30. The number of rotatable bonds is 5. The van der Waals surface area contributed by atoms with Crippen molar-refractivity contribution in [1.29, 1.82) is 0 Å². The smallest absolute Gasteiger partial charge is 0.311 e. The van der Waals surface area contributed by atoms with Crippen molar-refractivity contribution in [2.75, 3.05) is 5.32 Å². The number of hydrogen-bond acceptors (Lipinski definition) is 3. The summed E-state index contributed by atoms with van der Waals surface area (Å²) in [7, 11) is 0. The standard InChI is InChI=1S/C17H14F3NO3/c1-10(17(23)21-15-9-13(19)5-6-14(15)20)24-16(22)8-11-3-2-4-12(18)7-11/h2-7,9-10H,8H2,1H3,(H,21,23)/t10-/m0/s1. The van der Waals surface area contributed by atoms with Gasteiger partial charge in [-0.1, -0.05) is 12.1 Å². The molecule has 0 spiro atoms. The highest BCUT2D eigenvalue weighted by atomic mass is 19.1. The molecule has 2 rings (SSSR count). The van der Waals surface area contributed by atoms with E-state index < -0.39 is 35.4 Å². The number of carbonyl (C=O) groups excluding carboxylic acids is 2. The molecule has 0 aromatic heterocycles. The van der Waals surface area contributed by atoms with E-state index in [9.17, 15) is 22.8 Å². The third kappa shape index (κ3) is 4.84. The Hall–Kier alpha value is -2.83. The Morgan fingerprint density at radius 2 is 1.79 bits per heavy atom. The van der Waals surface area contributed by atoms with E-state index in [2.05, 4.69) is 5.32 Å². The minimum Gasteiger partial charge on any atom is -0.452 e. The van der Waals surface area contributed by atoms with Crippen molar-refractivity contribution < 1.29 is 27.5 Å². The van der Waals surface area contributed by atoms with Gasteiger partial charge in [0.25, 0.3) is 5.91 Å². The van der Waals surface area contributed by atoms with Crippen LogP contribution >= 0.6 is 0 Å². The molecule has 0 aliphatic carbocycles. The van der Waals surface area contributed by atoms with E-state index in [4.69, 9.17) is 4.74 Å². The second kappa shape index (κ2) is 7.63. The lowest BCUT2D eigenvalue weighted by atomic mass is 10.1. The van der Waals surface area contributed by atoms with Crippen LogP contribution < -0.4 is 5.32 Å². The van der Waals surface area contributed by atoms with Gasteiger partial charge in [-0.05, 0) is 36.8 Å². The first-order chi connectivity index (χ1) is 11.3. The number of nitrogens with one attached hydrogen (secondary N) is 1. The lowest BCUT2D eigenvalue weighted by molar-refractivity contribution is -0.152. The maximum absolute atomic E-state index is 13.5. The molecule has 0 saturated carbocycles. The average Bonchev–Trinajstić information content (AvgIpc) is 2.50. The Bertz CT molecular complexity index is 764. The molecule has 4 nitrogen and oxygen atoms in total. The van der Waals surface area contributed by atoms with E-state index in [-0.39, 0.29) is 12.1 Å². The third-order valence-electron chi connectivity index (χ3n) is 3.10. The van der Waals surface area contributed by atoms with Crippen molar-refractivity contribution >= 4 is 17.6 Å². The molecule has 7 heteroatoms. The fraction of sp³-hybridized carbons (Fsp3) is 0.176. The number of halogens is 3. The lowest BCUT2D eigenvalue weighted by Gasteiger charge is -2.14. The Balaban J connectivity index is 1.93. The largest absolute Gasteiger partial charge is 0.452 e. The van der Waals surface area contributed by atoms with Crippen molar-refractivity contribution in [3.63, 3.8) is 0 Å². The maximum Gasteiger partial charge on any atom is 0.311 e. The Morgan fingerprint density at radius 1 is 1.08 bits per heavy atom. The van der Waals surface area contributed by atoms with Crippen LogP contribution in [-0.4, -0.2) is 18.0 Å². The van der Waals surface area contributed by atoms with E-state index in [1.807, 2.05) is 0 Å². The van der Waals surface area contributed by atoms with Crippen molar-refractivity contribution in [3.05, 3.63) is 65.5 Å². The molecule has 2 aromatic rings. The van der Waals surface area contributed by atoms with Gasteiger partial charge in [-0.25, -0.2) is 13.2 Å². The van der Waals surface area contributed by atoms with Crippen LogP contribution in [0.5, 0.6) is 0 Å². The van der Waals surface area contributed by atoms with E-state index in [1.165, 1.54) is 31.2 Å². The number of anilines is 1. The number of esters is 1. The molecular formula is C17H14F3NO3. The molecule has 0 heterocycles. The van der Waals surface area contributed by atoms with Crippen LogP contribution in [0.25, 0.3) is 0 Å². The zero-order valence-corrected chi connectivity index (χ0v) is 12.7. The molecule has 0 fully saturated rings. The molecule has 1 N–H and O–H groups in total. The number of amides is 1. The SMILES string of the molecule is C[C@H](OC(=O)Cc1cccc(F)c1)C(=O)Nc1cc(F)ccc1F. The van der Waals surface area contributed by atoms with E-state index >= 15 is 0 Å². The topological polar surface area (TPSA) is 55.4 Å². The monoisotopic (exact) mass is 337 g/mol. The van der Waals surface area contributed by atoms with Gasteiger partial charge in [-0.15, -0.1) is 0 Å². The van der Waals surface area contributed by atoms with Gasteiger partial charge in [-0.3, -0.25) is 9.59 Å². The fourth-order valence-electron chi connectivity index (χ4n) is 1.93. The highest BCUT2D eigenvalue weighted by Gasteiger charge is 2.19. The van der Waals surface area contributed by atoms with Gasteiger partial charge in [-0.2, -0.15) is 0 Å². The molecular weight excluding hydrogens is 323 g/mol. The normalized spacial score (nSPS) is 11.7. The average molecular weight is 337 g/mol. The summed E-state index contributed by atoms with van der Waals surface area (Å²) >= 11 is 0. The minimum atomic E-state index is -1.23. The fourth-order valence-corrected chi connectivity index (χ4v) is 1.93. The summed E-state index contributed by atoms with van der Waals surface area (Å²) < 4.78 is 44.5. The van der Waals surface area contributed by atoms with Crippen LogP contribution in [0.15, 0.2) is 42.5 Å². The van der Waals surface area contributed by atoms with Gasteiger partial charge in [0.2, 0.25) is 0 Å². The van der Waals surface area contributed by atoms with Crippen molar-refractivity contribution in [1.82, 2.24) is 0 Å². The van der Waals surface area contributed by atoms with E-state index in [0.29, 0.717) is 5.56 Å². The Kier molecular flexibility index (Phi) is 5.57. The summed E-state index contributed by atoms with van der Waals surface area (Å²) in [5, 5.41) is 2.14. The van der Waals surface area contributed by atoms with Gasteiger partial charge in [0.1, 0.15) is 17.5 Å². The van der Waals surface area contributed by atoms with Crippen molar-refractivity contribution in [3.8, 4) is 0 Å². The summed E-state index contributed by atoms with van der Waals surface area (Å²) in [4.78, 5) is 23.6. The molecule has 0 bridgehead atoms. The van der Waals surface area contributed by atoms with Crippen LogP contribution in [0.4, 0.5) is 18.9 Å². The van der Waals surface area contributed by atoms with Gasteiger partial charge in [0, 0.05) is 6.07 Å². The van der Waals surface area contributed by atoms with Crippen LogP contribution in [0, 0.1) is 17.5 Å². The molecule has 0 aliphatic heterocycles. The van der Waals surface area contributed by atoms with Crippen LogP contribution in [-0.2, 0) is 20.7 Å². The highest BCUT2D eigenvalue weighted by Crippen LogP contribution is 2.16. The number of ether oxygens (including phenoxy) is 1. The first kappa shape index (κ1) is 17.5. The molecule has 1 atom stereocenters. The molecule has 0 saturated heterocycles. The molecule has 0 aliphatic rings. The predicted molar refractivity (Wildman–Crippen MR) is 80.6 cm³/mol. The second-order valence-electron chi connectivity index (χ2n) is 5.05. The number of hydrogen-bond donors (Lipinski definition) is 1. The van der Waals surface area contributed by atoms with E-state index in [0.717, 1.165) is 18.2 Å². The summed E-state index contributed by atoms with van der Waals surface area (Å²) in [5.74, 6) is -3.59. The summed E-state index contributed by atoms with van der Waals surface area (Å²) in [6.07, 6.45) is -1.45. The molecule has 126 valence electrons. The van der Waals surface area contributed by atoms with Crippen LogP contribution in [0.1, 0.15) is 12.5 Å². The molecule has 2 aromatic carbocycles. The molecule has 1 amide bonds. The van der Waals surface area contributed by atoms with Gasteiger partial charge >= 0.3 is 5.97 Å². The summed E-state index contributed by atoms with van der Waals surface area (Å²) in [6, 6.07) is 7.98. The van der Waals surface area contributed by atoms with E-state index in [1.54, 1.807) is 0 Å². The van der Waals surface area contributed by atoms with Crippen molar-refractivity contribution in [2.24, 2.45) is 0 Å². The van der Waals surface area contributed by atoms with Crippen molar-refractivity contribution in [2.45, 2.75) is 19.4 Å².